The summed E-state index contributed by atoms with van der Waals surface area (Å²) in [5.74, 6) is -1.35. The van der Waals surface area contributed by atoms with Gasteiger partial charge >= 0.3 is 18.2 Å². The molecule has 0 fully saturated rings. The van der Waals surface area contributed by atoms with Crippen molar-refractivity contribution < 1.29 is 38.4 Å². The van der Waals surface area contributed by atoms with Crippen molar-refractivity contribution in [1.29, 1.82) is 0 Å². The number of hydrogen-bond acceptors (Lipinski definition) is 8. The zero-order valence-electron chi connectivity index (χ0n) is 17.9. The second kappa shape index (κ2) is 16.4. The Morgan fingerprint density at radius 1 is 0.900 bits per heavy atom. The Hall–Kier alpha value is -2.43. The van der Waals surface area contributed by atoms with E-state index in [9.17, 15) is 19.5 Å². The third kappa shape index (κ3) is 12.9. The number of ether oxygens (including phenoxy) is 4. The van der Waals surface area contributed by atoms with Crippen molar-refractivity contribution in [3.8, 4) is 0 Å². The van der Waals surface area contributed by atoms with Gasteiger partial charge in [-0.05, 0) is 39.7 Å². The number of nitrogens with two attached hydrogens (primary N) is 1. The van der Waals surface area contributed by atoms with Crippen molar-refractivity contribution in [1.82, 2.24) is 4.90 Å². The molecule has 0 spiro atoms. The summed E-state index contributed by atoms with van der Waals surface area (Å²) in [6.07, 6.45) is -1.27. The Bertz CT molecular complexity index is 543. The van der Waals surface area contributed by atoms with Gasteiger partial charge in [0, 0.05) is 0 Å². The Morgan fingerprint density at radius 3 is 1.73 bits per heavy atom. The average Bonchev–Trinajstić information content (AvgIpc) is 2.65. The van der Waals surface area contributed by atoms with E-state index in [-0.39, 0.29) is 32.8 Å². The molecule has 0 aromatic rings. The first kappa shape index (κ1) is 27.6. The van der Waals surface area contributed by atoms with Crippen LogP contribution >= 0.6 is 0 Å². The number of unbranched alkanes of at least 4 members (excludes halogenated alkanes) is 1. The molecule has 2 amide bonds. The van der Waals surface area contributed by atoms with Crippen LogP contribution in [0.4, 0.5) is 9.59 Å². The molecule has 0 aliphatic carbocycles. The highest BCUT2D eigenvalue weighted by atomic mass is 16.6. The van der Waals surface area contributed by atoms with Crippen molar-refractivity contribution in [2.45, 2.75) is 39.2 Å². The molecular weight excluding hydrogens is 396 g/mol. The summed E-state index contributed by atoms with van der Waals surface area (Å²) in [6, 6.07) is -1.44. The fraction of sp³-hybridized carbons (Fsp3) is 0.650. The van der Waals surface area contributed by atoms with Crippen LogP contribution in [-0.2, 0) is 23.7 Å². The summed E-state index contributed by atoms with van der Waals surface area (Å²) in [4.78, 5) is 37.0. The van der Waals surface area contributed by atoms with Crippen LogP contribution < -0.4 is 5.73 Å². The molecule has 0 aliphatic rings. The van der Waals surface area contributed by atoms with E-state index in [0.29, 0.717) is 37.5 Å². The van der Waals surface area contributed by atoms with Crippen LogP contribution in [0.1, 0.15) is 33.1 Å². The lowest BCUT2D eigenvalue weighted by Gasteiger charge is -2.26. The Labute approximate surface area is 177 Å². The lowest BCUT2D eigenvalue weighted by molar-refractivity contribution is -0.142. The molecule has 1 atom stereocenters. The predicted molar refractivity (Wildman–Crippen MR) is 110 cm³/mol. The largest absolute Gasteiger partial charge is 0.480 e. The number of aliphatic carboxylic acids is 1. The number of carboxylic acid groups (broad SMARTS) is 1. The van der Waals surface area contributed by atoms with Gasteiger partial charge in [0.1, 0.15) is 19.3 Å². The molecule has 0 rings (SSSR count). The molecule has 3 N–H and O–H groups in total. The fourth-order valence-corrected chi connectivity index (χ4v) is 2.18. The average molecular weight is 430 g/mol. The van der Waals surface area contributed by atoms with Crippen molar-refractivity contribution in [3.63, 3.8) is 0 Å². The van der Waals surface area contributed by atoms with Crippen LogP contribution in [0.15, 0.2) is 24.3 Å². The maximum atomic E-state index is 12.4. The van der Waals surface area contributed by atoms with Gasteiger partial charge < -0.3 is 29.8 Å². The number of amides is 2. The van der Waals surface area contributed by atoms with Gasteiger partial charge in [-0.1, -0.05) is 24.3 Å². The minimum atomic E-state index is -1.44. The van der Waals surface area contributed by atoms with E-state index >= 15 is 0 Å². The van der Waals surface area contributed by atoms with E-state index in [0.717, 1.165) is 11.1 Å². The number of hydrogen-bond donors (Lipinski definition) is 2. The summed E-state index contributed by atoms with van der Waals surface area (Å²) in [6.45, 7) is 11.7. The fourth-order valence-electron chi connectivity index (χ4n) is 2.18. The number of nitrogens with zero attached hydrogens (tertiary/aromatic N) is 1. The lowest BCUT2D eigenvalue weighted by Crippen LogP contribution is -2.49. The molecule has 0 aliphatic heterocycles. The van der Waals surface area contributed by atoms with E-state index < -0.39 is 24.2 Å². The van der Waals surface area contributed by atoms with Gasteiger partial charge in [0.05, 0.1) is 26.4 Å². The molecule has 30 heavy (non-hydrogen) atoms. The molecule has 0 bridgehead atoms. The van der Waals surface area contributed by atoms with Crippen LogP contribution in [-0.4, -0.2) is 80.4 Å². The molecule has 0 aromatic carbocycles. The molecule has 0 radical (unpaired) electrons. The highest BCUT2D eigenvalue weighted by molar-refractivity contribution is 5.93. The van der Waals surface area contributed by atoms with Crippen LogP contribution in [0.5, 0.6) is 0 Å². The van der Waals surface area contributed by atoms with E-state index in [1.807, 2.05) is 0 Å². The van der Waals surface area contributed by atoms with Crippen molar-refractivity contribution in [2.75, 3.05) is 46.2 Å². The third-order valence-electron chi connectivity index (χ3n) is 3.53. The van der Waals surface area contributed by atoms with Crippen LogP contribution in [0.25, 0.3) is 0 Å². The summed E-state index contributed by atoms with van der Waals surface area (Å²) in [5.41, 5.74) is 7.03. The zero-order chi connectivity index (χ0) is 22.9. The third-order valence-corrected chi connectivity index (χ3v) is 3.53. The second-order valence-electron chi connectivity index (χ2n) is 6.76. The van der Waals surface area contributed by atoms with E-state index in [1.54, 1.807) is 13.8 Å². The van der Waals surface area contributed by atoms with Crippen molar-refractivity contribution in [2.24, 2.45) is 5.73 Å². The molecule has 0 aromatic heterocycles. The zero-order valence-corrected chi connectivity index (χ0v) is 17.9. The Kier molecular flexibility index (Phi) is 15.0. The minimum Gasteiger partial charge on any atom is -0.480 e. The van der Waals surface area contributed by atoms with Crippen LogP contribution in [0.3, 0.4) is 0 Å². The highest BCUT2D eigenvalue weighted by Crippen LogP contribution is 2.13. The molecule has 0 heterocycles. The second-order valence-corrected chi connectivity index (χ2v) is 6.76. The summed E-state index contributed by atoms with van der Waals surface area (Å²) < 4.78 is 20.4. The van der Waals surface area contributed by atoms with Gasteiger partial charge in [-0.15, -0.1) is 0 Å². The van der Waals surface area contributed by atoms with E-state index in [4.69, 9.17) is 24.7 Å². The quantitative estimate of drug-likeness (QED) is 0.279. The van der Waals surface area contributed by atoms with Crippen LogP contribution in [0.2, 0.25) is 0 Å². The smallest absolute Gasteiger partial charge is 0.420 e. The minimum absolute atomic E-state index is 0.0229. The molecular formula is C20H34N2O8. The predicted octanol–water partition coefficient (Wildman–Crippen LogP) is 2.33. The number of imide groups is 1. The van der Waals surface area contributed by atoms with Gasteiger partial charge in [-0.3, -0.25) is 0 Å². The van der Waals surface area contributed by atoms with Gasteiger partial charge in [0.25, 0.3) is 0 Å². The first-order valence-electron chi connectivity index (χ1n) is 9.70. The Morgan fingerprint density at radius 2 is 1.37 bits per heavy atom. The van der Waals surface area contributed by atoms with Crippen molar-refractivity contribution >= 4 is 18.2 Å². The summed E-state index contributed by atoms with van der Waals surface area (Å²) in [7, 11) is 0. The SMILES string of the molecule is C=C(C)COCCOC(=O)N(C(=O)OCCOCC(=C)C)[C@@H](CCCCN)C(=O)O. The lowest BCUT2D eigenvalue weighted by atomic mass is 10.1. The first-order valence-corrected chi connectivity index (χ1v) is 9.70. The standard InChI is InChI=1S/C20H34N2O8/c1-15(2)13-27-9-11-29-19(25)22(17(18(23)24)7-5-6-8-21)20(26)30-12-10-28-14-16(3)4/h17H,1,3,5-14,21H2,2,4H3,(H,23,24)/t17-/m0/s1. The maximum absolute atomic E-state index is 12.4. The van der Waals surface area contributed by atoms with Gasteiger partial charge in [-0.2, -0.15) is 4.90 Å². The van der Waals surface area contributed by atoms with Gasteiger partial charge in [0.2, 0.25) is 0 Å². The number of carbonyl (C=O) groups is 3. The Balaban J connectivity index is 4.96. The molecule has 172 valence electrons. The highest BCUT2D eigenvalue weighted by Gasteiger charge is 2.37. The summed E-state index contributed by atoms with van der Waals surface area (Å²) in [5, 5.41) is 9.52. The topological polar surface area (TPSA) is 138 Å². The molecule has 0 saturated heterocycles. The van der Waals surface area contributed by atoms with Crippen molar-refractivity contribution in [3.05, 3.63) is 24.3 Å². The number of rotatable bonds is 16. The monoisotopic (exact) mass is 430 g/mol. The number of carbonyl (C=O) groups excluding carboxylic acids is 2. The van der Waals surface area contributed by atoms with Gasteiger partial charge in [-0.25, -0.2) is 14.4 Å². The molecule has 10 nitrogen and oxygen atoms in total. The van der Waals surface area contributed by atoms with E-state index in [2.05, 4.69) is 13.2 Å². The molecule has 10 heteroatoms. The first-order chi connectivity index (χ1) is 14.2. The number of carboxylic acids is 1. The molecule has 0 unspecified atom stereocenters. The maximum Gasteiger partial charge on any atom is 0.420 e. The van der Waals surface area contributed by atoms with E-state index in [1.165, 1.54) is 0 Å². The van der Waals surface area contributed by atoms with Crippen LogP contribution in [0, 0.1) is 0 Å². The normalized spacial score (nSPS) is 11.4. The summed E-state index contributed by atoms with van der Waals surface area (Å²) >= 11 is 0. The van der Waals surface area contributed by atoms with Gasteiger partial charge in [0.15, 0.2) is 0 Å². The molecule has 0 saturated carbocycles.